The molecule has 110 valence electrons. The quantitative estimate of drug-likeness (QED) is 0.780. The number of rotatable bonds is 5. The number of amides is 1. The molecule has 0 radical (unpaired) electrons. The minimum Gasteiger partial charge on any atom is -0.378 e. The Hall–Kier alpha value is -0.650. The van der Waals surface area contributed by atoms with Crippen LogP contribution in [0, 0.1) is 0 Å². The SMILES string of the molecule is CN(CCCC(=O)N1CCOCC1)C1CCCNC1. The summed E-state index contributed by atoms with van der Waals surface area (Å²) < 4.78 is 5.26. The van der Waals surface area contributed by atoms with Crippen molar-refractivity contribution in [2.75, 3.05) is 53.0 Å². The van der Waals surface area contributed by atoms with E-state index in [1.165, 1.54) is 12.8 Å². The molecule has 2 aliphatic heterocycles. The molecule has 2 fully saturated rings. The fraction of sp³-hybridized carbons (Fsp3) is 0.929. The van der Waals surface area contributed by atoms with E-state index in [0.29, 0.717) is 31.6 Å². The monoisotopic (exact) mass is 269 g/mol. The Morgan fingerprint density at radius 3 is 2.89 bits per heavy atom. The second kappa shape index (κ2) is 7.82. The number of nitrogens with one attached hydrogen (secondary N) is 1. The summed E-state index contributed by atoms with van der Waals surface area (Å²) in [6.45, 7) is 6.18. The zero-order valence-corrected chi connectivity index (χ0v) is 12.1. The Balaban J connectivity index is 1.60. The summed E-state index contributed by atoms with van der Waals surface area (Å²) in [4.78, 5) is 16.3. The van der Waals surface area contributed by atoms with Crippen molar-refractivity contribution in [3.8, 4) is 0 Å². The lowest BCUT2D eigenvalue weighted by molar-refractivity contribution is -0.135. The highest BCUT2D eigenvalue weighted by Crippen LogP contribution is 2.10. The molecule has 0 bridgehead atoms. The predicted molar refractivity (Wildman–Crippen MR) is 75.2 cm³/mol. The van der Waals surface area contributed by atoms with E-state index in [2.05, 4.69) is 17.3 Å². The van der Waals surface area contributed by atoms with Crippen LogP contribution in [-0.4, -0.2) is 74.7 Å². The number of ether oxygens (including phenoxy) is 1. The van der Waals surface area contributed by atoms with E-state index in [1.54, 1.807) is 0 Å². The van der Waals surface area contributed by atoms with E-state index >= 15 is 0 Å². The van der Waals surface area contributed by atoms with Crippen LogP contribution in [0.25, 0.3) is 0 Å². The lowest BCUT2D eigenvalue weighted by atomic mass is 10.1. The van der Waals surface area contributed by atoms with Crippen LogP contribution in [0.15, 0.2) is 0 Å². The van der Waals surface area contributed by atoms with E-state index in [0.717, 1.165) is 39.1 Å². The van der Waals surface area contributed by atoms with Crippen molar-refractivity contribution in [2.24, 2.45) is 0 Å². The molecule has 0 aliphatic carbocycles. The van der Waals surface area contributed by atoms with Crippen molar-refractivity contribution >= 4 is 5.91 Å². The first kappa shape index (κ1) is 14.8. The van der Waals surface area contributed by atoms with Gasteiger partial charge in [-0.05, 0) is 39.4 Å². The maximum Gasteiger partial charge on any atom is 0.222 e. The molecule has 1 atom stereocenters. The summed E-state index contributed by atoms with van der Waals surface area (Å²) in [6, 6.07) is 0.646. The van der Waals surface area contributed by atoms with E-state index in [4.69, 9.17) is 4.74 Å². The average molecular weight is 269 g/mol. The molecular weight excluding hydrogens is 242 g/mol. The van der Waals surface area contributed by atoms with Crippen LogP contribution >= 0.6 is 0 Å². The smallest absolute Gasteiger partial charge is 0.222 e. The molecule has 19 heavy (non-hydrogen) atoms. The van der Waals surface area contributed by atoms with Gasteiger partial charge in [-0.1, -0.05) is 0 Å². The standard InChI is InChI=1S/C14H27N3O2/c1-16(13-4-2-6-15-12-13)7-3-5-14(18)17-8-10-19-11-9-17/h13,15H,2-12H2,1H3. The Kier molecular flexibility index (Phi) is 6.07. The molecule has 0 saturated carbocycles. The third-order valence-corrected chi connectivity index (χ3v) is 4.16. The van der Waals surface area contributed by atoms with E-state index in [-0.39, 0.29) is 0 Å². The third kappa shape index (κ3) is 4.75. The number of hydrogen-bond donors (Lipinski definition) is 1. The molecule has 0 aromatic heterocycles. The zero-order valence-electron chi connectivity index (χ0n) is 12.1. The summed E-state index contributed by atoms with van der Waals surface area (Å²) in [6.07, 6.45) is 4.18. The van der Waals surface area contributed by atoms with Gasteiger partial charge >= 0.3 is 0 Å². The highest BCUT2D eigenvalue weighted by atomic mass is 16.5. The van der Waals surface area contributed by atoms with Crippen LogP contribution < -0.4 is 5.32 Å². The molecule has 1 N–H and O–H groups in total. The van der Waals surface area contributed by atoms with Crippen LogP contribution in [0.5, 0.6) is 0 Å². The Labute approximate surface area is 116 Å². The summed E-state index contributed by atoms with van der Waals surface area (Å²) in [7, 11) is 2.18. The Bertz CT molecular complexity index is 274. The predicted octanol–water partition coefficient (Wildman–Crippen LogP) is 0.309. The first-order valence-electron chi connectivity index (χ1n) is 7.54. The molecule has 2 saturated heterocycles. The Morgan fingerprint density at radius 1 is 1.42 bits per heavy atom. The van der Waals surface area contributed by atoms with Crippen LogP contribution in [0.1, 0.15) is 25.7 Å². The zero-order chi connectivity index (χ0) is 13.5. The fourth-order valence-electron chi connectivity index (χ4n) is 2.84. The normalized spacial score (nSPS) is 24.7. The fourth-order valence-corrected chi connectivity index (χ4v) is 2.84. The Morgan fingerprint density at radius 2 is 2.21 bits per heavy atom. The van der Waals surface area contributed by atoms with Gasteiger partial charge in [-0.15, -0.1) is 0 Å². The van der Waals surface area contributed by atoms with Gasteiger partial charge < -0.3 is 19.9 Å². The van der Waals surface area contributed by atoms with Crippen molar-refractivity contribution in [1.29, 1.82) is 0 Å². The van der Waals surface area contributed by atoms with E-state index < -0.39 is 0 Å². The van der Waals surface area contributed by atoms with Gasteiger partial charge in [0, 0.05) is 32.1 Å². The summed E-state index contributed by atoms with van der Waals surface area (Å²) in [5, 5.41) is 3.44. The average Bonchev–Trinajstić information content (AvgIpc) is 2.49. The van der Waals surface area contributed by atoms with Crippen LogP contribution in [0.2, 0.25) is 0 Å². The maximum atomic E-state index is 12.0. The minimum atomic E-state index is 0.290. The van der Waals surface area contributed by atoms with Crippen LogP contribution in [-0.2, 0) is 9.53 Å². The van der Waals surface area contributed by atoms with Crippen molar-refractivity contribution in [2.45, 2.75) is 31.7 Å². The van der Waals surface area contributed by atoms with Gasteiger partial charge in [-0.2, -0.15) is 0 Å². The van der Waals surface area contributed by atoms with Gasteiger partial charge in [0.25, 0.3) is 0 Å². The summed E-state index contributed by atoms with van der Waals surface area (Å²) >= 11 is 0. The molecule has 0 aromatic carbocycles. The summed E-state index contributed by atoms with van der Waals surface area (Å²) in [5.74, 6) is 0.290. The molecule has 5 heteroatoms. The molecule has 1 unspecified atom stereocenters. The molecule has 5 nitrogen and oxygen atoms in total. The van der Waals surface area contributed by atoms with Gasteiger partial charge in [0.15, 0.2) is 0 Å². The van der Waals surface area contributed by atoms with Gasteiger partial charge in [-0.3, -0.25) is 4.79 Å². The van der Waals surface area contributed by atoms with Crippen molar-refractivity contribution in [1.82, 2.24) is 15.1 Å². The van der Waals surface area contributed by atoms with Crippen molar-refractivity contribution < 1.29 is 9.53 Å². The molecular formula is C14H27N3O2. The molecule has 1 amide bonds. The van der Waals surface area contributed by atoms with Gasteiger partial charge in [0.1, 0.15) is 0 Å². The van der Waals surface area contributed by atoms with E-state index in [9.17, 15) is 4.79 Å². The lowest BCUT2D eigenvalue weighted by Crippen LogP contribution is -2.45. The first-order chi connectivity index (χ1) is 9.27. The van der Waals surface area contributed by atoms with Gasteiger partial charge in [0.05, 0.1) is 13.2 Å². The molecule has 2 heterocycles. The van der Waals surface area contributed by atoms with Crippen LogP contribution in [0.4, 0.5) is 0 Å². The first-order valence-corrected chi connectivity index (χ1v) is 7.54. The number of nitrogens with zero attached hydrogens (tertiary/aromatic N) is 2. The van der Waals surface area contributed by atoms with Crippen LogP contribution in [0.3, 0.4) is 0 Å². The topological polar surface area (TPSA) is 44.8 Å². The largest absolute Gasteiger partial charge is 0.378 e. The number of likely N-dealkylation sites (N-methyl/N-ethyl adjacent to an activating group) is 1. The van der Waals surface area contributed by atoms with Crippen molar-refractivity contribution in [3.05, 3.63) is 0 Å². The number of morpholine rings is 1. The number of carbonyl (C=O) groups excluding carboxylic acids is 1. The highest BCUT2D eigenvalue weighted by Gasteiger charge is 2.19. The molecule has 2 aliphatic rings. The van der Waals surface area contributed by atoms with Gasteiger partial charge in [-0.25, -0.2) is 0 Å². The number of piperidine rings is 1. The molecule has 0 aromatic rings. The summed E-state index contributed by atoms with van der Waals surface area (Å²) in [5.41, 5.74) is 0. The maximum absolute atomic E-state index is 12.0. The molecule has 0 spiro atoms. The number of carbonyl (C=O) groups is 1. The highest BCUT2D eigenvalue weighted by molar-refractivity contribution is 5.76. The second-order valence-electron chi connectivity index (χ2n) is 5.58. The van der Waals surface area contributed by atoms with Gasteiger partial charge in [0.2, 0.25) is 5.91 Å². The second-order valence-corrected chi connectivity index (χ2v) is 5.58. The van der Waals surface area contributed by atoms with Crippen molar-refractivity contribution in [3.63, 3.8) is 0 Å². The lowest BCUT2D eigenvalue weighted by Gasteiger charge is -2.32. The third-order valence-electron chi connectivity index (χ3n) is 4.16. The number of hydrogen-bond acceptors (Lipinski definition) is 4. The minimum absolute atomic E-state index is 0.290. The van der Waals surface area contributed by atoms with E-state index in [1.807, 2.05) is 4.90 Å². The molecule has 2 rings (SSSR count).